The van der Waals surface area contributed by atoms with Gasteiger partial charge in [0.05, 0.1) is 12.0 Å². The molecule has 7 nitrogen and oxygen atoms in total. The van der Waals surface area contributed by atoms with Gasteiger partial charge in [-0.25, -0.2) is 19.2 Å². The van der Waals surface area contributed by atoms with Crippen LogP contribution in [0.4, 0.5) is 20.7 Å². The SMILES string of the molecule is Cc1ccc(Nc2ncnc3c(C4CCN(C(=O)OCc5ccccc5)CC4)coc23)c(F)c1. The molecular weight excluding hydrogens is 435 g/mol. The Balaban J connectivity index is 1.25. The summed E-state index contributed by atoms with van der Waals surface area (Å²) >= 11 is 0. The average molecular weight is 461 g/mol. The van der Waals surface area contributed by atoms with Crippen molar-refractivity contribution < 1.29 is 18.3 Å². The maximum Gasteiger partial charge on any atom is 0.410 e. The highest BCUT2D eigenvalue weighted by Crippen LogP contribution is 2.36. The number of halogens is 1. The van der Waals surface area contributed by atoms with Gasteiger partial charge in [0.2, 0.25) is 0 Å². The molecule has 0 radical (unpaired) electrons. The first kappa shape index (κ1) is 21.9. The fraction of sp³-hybridized carbons (Fsp3) is 0.269. The van der Waals surface area contributed by atoms with Gasteiger partial charge in [0, 0.05) is 18.7 Å². The molecule has 174 valence electrons. The monoisotopic (exact) mass is 460 g/mol. The van der Waals surface area contributed by atoms with Crippen LogP contribution in [-0.2, 0) is 11.3 Å². The van der Waals surface area contributed by atoms with Gasteiger partial charge in [-0.05, 0) is 48.9 Å². The van der Waals surface area contributed by atoms with Gasteiger partial charge in [-0.15, -0.1) is 0 Å². The lowest BCUT2D eigenvalue weighted by Crippen LogP contribution is -2.38. The van der Waals surface area contributed by atoms with Crippen LogP contribution in [0.3, 0.4) is 0 Å². The van der Waals surface area contributed by atoms with E-state index in [1.807, 2.05) is 43.3 Å². The summed E-state index contributed by atoms with van der Waals surface area (Å²) < 4.78 is 25.6. The Kier molecular flexibility index (Phi) is 6.12. The minimum Gasteiger partial charge on any atom is -0.458 e. The summed E-state index contributed by atoms with van der Waals surface area (Å²) in [6.45, 7) is 3.29. The van der Waals surface area contributed by atoms with E-state index < -0.39 is 0 Å². The molecule has 0 unspecified atom stereocenters. The molecule has 1 N–H and O–H groups in total. The van der Waals surface area contributed by atoms with Gasteiger partial charge < -0.3 is 19.4 Å². The lowest BCUT2D eigenvalue weighted by atomic mass is 9.90. The van der Waals surface area contributed by atoms with Crippen LogP contribution in [0.2, 0.25) is 0 Å². The quantitative estimate of drug-likeness (QED) is 0.398. The van der Waals surface area contributed by atoms with E-state index in [0.717, 1.165) is 29.5 Å². The van der Waals surface area contributed by atoms with Gasteiger partial charge in [0.25, 0.3) is 0 Å². The fourth-order valence-electron chi connectivity index (χ4n) is 4.28. The smallest absolute Gasteiger partial charge is 0.410 e. The first-order chi connectivity index (χ1) is 16.6. The highest BCUT2D eigenvalue weighted by atomic mass is 19.1. The number of piperidine rings is 1. The van der Waals surface area contributed by atoms with Gasteiger partial charge in [-0.2, -0.15) is 0 Å². The number of nitrogens with one attached hydrogen (secondary N) is 1. The summed E-state index contributed by atoms with van der Waals surface area (Å²) in [5.41, 5.74) is 4.29. The Labute approximate surface area is 196 Å². The Morgan fingerprint density at radius 3 is 2.74 bits per heavy atom. The number of ether oxygens (including phenoxy) is 1. The number of amides is 1. The van der Waals surface area contributed by atoms with E-state index in [1.54, 1.807) is 17.2 Å². The molecule has 1 aliphatic heterocycles. The van der Waals surface area contributed by atoms with E-state index in [9.17, 15) is 9.18 Å². The first-order valence-electron chi connectivity index (χ1n) is 11.3. The van der Waals surface area contributed by atoms with Crippen LogP contribution in [0, 0.1) is 12.7 Å². The lowest BCUT2D eigenvalue weighted by molar-refractivity contribution is 0.0870. The van der Waals surface area contributed by atoms with Gasteiger partial charge in [0.1, 0.15) is 24.3 Å². The van der Waals surface area contributed by atoms with Crippen LogP contribution in [-0.4, -0.2) is 34.1 Å². The largest absolute Gasteiger partial charge is 0.458 e. The zero-order chi connectivity index (χ0) is 23.5. The predicted molar refractivity (Wildman–Crippen MR) is 126 cm³/mol. The van der Waals surface area contributed by atoms with Gasteiger partial charge in [-0.1, -0.05) is 36.4 Å². The number of furan rings is 1. The number of anilines is 2. The second kappa shape index (κ2) is 9.51. The van der Waals surface area contributed by atoms with E-state index in [2.05, 4.69) is 15.3 Å². The molecule has 0 atom stereocenters. The molecule has 0 aliphatic carbocycles. The van der Waals surface area contributed by atoms with Crippen molar-refractivity contribution in [3.8, 4) is 0 Å². The molecule has 2 aromatic carbocycles. The second-order valence-electron chi connectivity index (χ2n) is 8.50. The number of likely N-dealkylation sites (tertiary alicyclic amines) is 1. The summed E-state index contributed by atoms with van der Waals surface area (Å²) in [6.07, 6.45) is 4.40. The third-order valence-corrected chi connectivity index (χ3v) is 6.16. The lowest BCUT2D eigenvalue weighted by Gasteiger charge is -2.30. The van der Waals surface area contributed by atoms with Crippen molar-refractivity contribution in [2.75, 3.05) is 18.4 Å². The topological polar surface area (TPSA) is 80.5 Å². The summed E-state index contributed by atoms with van der Waals surface area (Å²) in [5.74, 6) is 0.254. The number of aryl methyl sites for hydroxylation is 1. The molecule has 0 spiro atoms. The molecule has 1 saturated heterocycles. The van der Waals surface area contributed by atoms with Crippen LogP contribution < -0.4 is 5.32 Å². The number of hydrogen-bond donors (Lipinski definition) is 1. The molecule has 1 aliphatic rings. The van der Waals surface area contributed by atoms with Crippen molar-refractivity contribution in [2.45, 2.75) is 32.3 Å². The zero-order valence-electron chi connectivity index (χ0n) is 18.8. The van der Waals surface area contributed by atoms with Gasteiger partial charge >= 0.3 is 6.09 Å². The van der Waals surface area contributed by atoms with Gasteiger partial charge in [0.15, 0.2) is 11.4 Å². The predicted octanol–water partition coefficient (Wildman–Crippen LogP) is 5.93. The Morgan fingerprint density at radius 1 is 1.18 bits per heavy atom. The molecule has 8 heteroatoms. The van der Waals surface area contributed by atoms with Crippen molar-refractivity contribution in [3.63, 3.8) is 0 Å². The number of aromatic nitrogens is 2. The molecule has 1 fully saturated rings. The molecule has 0 saturated carbocycles. The number of benzene rings is 2. The summed E-state index contributed by atoms with van der Waals surface area (Å²) in [4.78, 5) is 22.9. The maximum atomic E-state index is 14.3. The van der Waals surface area contributed by atoms with E-state index in [-0.39, 0.29) is 24.4 Å². The van der Waals surface area contributed by atoms with Crippen molar-refractivity contribution in [3.05, 3.63) is 83.6 Å². The third-order valence-electron chi connectivity index (χ3n) is 6.16. The van der Waals surface area contributed by atoms with Crippen LogP contribution in [0.5, 0.6) is 0 Å². The van der Waals surface area contributed by atoms with Crippen molar-refractivity contribution >= 4 is 28.7 Å². The number of carbonyl (C=O) groups excluding carboxylic acids is 1. The highest BCUT2D eigenvalue weighted by molar-refractivity contribution is 5.88. The molecular formula is C26H25FN4O3. The fourth-order valence-corrected chi connectivity index (χ4v) is 4.28. The molecule has 2 aromatic heterocycles. The number of rotatable bonds is 5. The van der Waals surface area contributed by atoms with E-state index in [1.165, 1.54) is 12.4 Å². The molecule has 4 aromatic rings. The standard InChI is InChI=1S/C26H25FN4O3/c1-17-7-8-22(21(27)13-17)30-25-24-23(28-16-29-25)20(15-33-24)19-9-11-31(12-10-19)26(32)34-14-18-5-3-2-4-6-18/h2-8,13,15-16,19H,9-12,14H2,1H3,(H,28,29,30). The number of fused-ring (bicyclic) bond motifs is 1. The number of hydrogen-bond acceptors (Lipinski definition) is 6. The Hall–Kier alpha value is -3.94. The van der Waals surface area contributed by atoms with Crippen LogP contribution in [0.1, 0.15) is 35.4 Å². The molecule has 1 amide bonds. The van der Waals surface area contributed by atoms with Crippen LogP contribution >= 0.6 is 0 Å². The van der Waals surface area contributed by atoms with E-state index >= 15 is 0 Å². The summed E-state index contributed by atoms with van der Waals surface area (Å²) in [5, 5.41) is 3.02. The van der Waals surface area contributed by atoms with Crippen molar-refractivity contribution in [1.82, 2.24) is 14.9 Å². The van der Waals surface area contributed by atoms with E-state index in [0.29, 0.717) is 35.7 Å². The van der Waals surface area contributed by atoms with Crippen molar-refractivity contribution in [2.24, 2.45) is 0 Å². The van der Waals surface area contributed by atoms with Crippen LogP contribution in [0.25, 0.3) is 11.1 Å². The first-order valence-corrected chi connectivity index (χ1v) is 11.3. The zero-order valence-corrected chi connectivity index (χ0v) is 18.8. The average Bonchev–Trinajstić information content (AvgIpc) is 3.30. The molecule has 3 heterocycles. The van der Waals surface area contributed by atoms with Crippen LogP contribution in [0.15, 0.2) is 65.5 Å². The molecule has 5 rings (SSSR count). The summed E-state index contributed by atoms with van der Waals surface area (Å²) in [6, 6.07) is 14.6. The van der Waals surface area contributed by atoms with Crippen molar-refractivity contribution in [1.29, 1.82) is 0 Å². The Bertz CT molecular complexity index is 1300. The second-order valence-corrected chi connectivity index (χ2v) is 8.50. The van der Waals surface area contributed by atoms with Gasteiger partial charge in [-0.3, -0.25) is 0 Å². The minimum atomic E-state index is -0.356. The number of nitrogens with zero attached hydrogens (tertiary/aromatic N) is 3. The number of carbonyl (C=O) groups is 1. The molecule has 34 heavy (non-hydrogen) atoms. The van der Waals surface area contributed by atoms with E-state index in [4.69, 9.17) is 9.15 Å². The minimum absolute atomic E-state index is 0.193. The third kappa shape index (κ3) is 4.57. The maximum absolute atomic E-state index is 14.3. The Morgan fingerprint density at radius 2 is 1.97 bits per heavy atom. The molecule has 0 bridgehead atoms. The summed E-state index contributed by atoms with van der Waals surface area (Å²) in [7, 11) is 0. The highest BCUT2D eigenvalue weighted by Gasteiger charge is 2.28. The normalized spacial score (nSPS) is 14.4.